The van der Waals surface area contributed by atoms with Gasteiger partial charge in [0.1, 0.15) is 17.5 Å². The zero-order valence-electron chi connectivity index (χ0n) is 15.6. The molecule has 7 nitrogen and oxygen atoms in total. The lowest BCUT2D eigenvalue weighted by molar-refractivity contribution is -0.126. The van der Waals surface area contributed by atoms with Crippen LogP contribution in [0.5, 0.6) is 0 Å². The summed E-state index contributed by atoms with van der Waals surface area (Å²) in [7, 11) is 0. The fraction of sp³-hybridized carbons (Fsp3) is 0.400. The topological polar surface area (TPSA) is 84.2 Å². The van der Waals surface area contributed by atoms with Crippen LogP contribution in [0, 0.1) is 12.8 Å². The van der Waals surface area contributed by atoms with E-state index in [1.54, 1.807) is 0 Å². The second-order valence-electron chi connectivity index (χ2n) is 7.05. The Morgan fingerprint density at radius 2 is 1.96 bits per heavy atom. The molecule has 1 aliphatic heterocycles. The molecule has 1 unspecified atom stereocenters. The van der Waals surface area contributed by atoms with E-state index in [1.165, 1.54) is 6.33 Å². The number of rotatable bonds is 4. The number of amides is 1. The van der Waals surface area contributed by atoms with Crippen molar-refractivity contribution in [1.82, 2.24) is 20.4 Å². The molecule has 7 heteroatoms. The Kier molecular flexibility index (Phi) is 4.75. The van der Waals surface area contributed by atoms with Crippen molar-refractivity contribution in [2.75, 3.05) is 18.0 Å². The van der Waals surface area contributed by atoms with Crippen molar-refractivity contribution in [3.63, 3.8) is 0 Å². The van der Waals surface area contributed by atoms with Gasteiger partial charge in [0.2, 0.25) is 5.91 Å². The third kappa shape index (κ3) is 3.49. The number of benzene rings is 1. The van der Waals surface area contributed by atoms with E-state index < -0.39 is 0 Å². The first-order chi connectivity index (χ1) is 13.1. The minimum atomic E-state index is 0.0119. The number of piperidine rings is 1. The number of anilines is 1. The largest absolute Gasteiger partial charge is 0.356 e. The van der Waals surface area contributed by atoms with Crippen molar-refractivity contribution in [3.05, 3.63) is 47.9 Å². The number of fused-ring (bicyclic) bond motifs is 1. The number of carbonyl (C=O) groups is 1. The van der Waals surface area contributed by atoms with Crippen LogP contribution in [-0.4, -0.2) is 34.1 Å². The lowest BCUT2D eigenvalue weighted by Gasteiger charge is -2.32. The van der Waals surface area contributed by atoms with Gasteiger partial charge in [0.25, 0.3) is 5.71 Å². The molecule has 1 N–H and O–H groups in total. The molecule has 3 heterocycles. The summed E-state index contributed by atoms with van der Waals surface area (Å²) in [6.07, 6.45) is 3.09. The molecule has 1 fully saturated rings. The Bertz CT molecular complexity index is 932. The maximum atomic E-state index is 12.7. The zero-order valence-corrected chi connectivity index (χ0v) is 15.6. The lowest BCUT2D eigenvalue weighted by atomic mass is 9.95. The molecule has 0 spiro atoms. The van der Waals surface area contributed by atoms with E-state index in [9.17, 15) is 4.79 Å². The maximum Gasteiger partial charge on any atom is 0.263 e. The first-order valence-electron chi connectivity index (χ1n) is 9.30. The second kappa shape index (κ2) is 7.34. The molecule has 140 valence electrons. The molecule has 0 radical (unpaired) electrons. The van der Waals surface area contributed by atoms with E-state index in [2.05, 4.69) is 25.3 Å². The first kappa shape index (κ1) is 17.5. The summed E-state index contributed by atoms with van der Waals surface area (Å²) in [6, 6.07) is 10.1. The van der Waals surface area contributed by atoms with E-state index in [1.807, 2.05) is 44.2 Å². The van der Waals surface area contributed by atoms with Gasteiger partial charge in [-0.1, -0.05) is 35.5 Å². The van der Waals surface area contributed by atoms with Crippen LogP contribution in [0.3, 0.4) is 0 Å². The molecule has 0 saturated carbocycles. The number of nitrogens with zero attached hydrogens (tertiary/aromatic N) is 4. The van der Waals surface area contributed by atoms with Gasteiger partial charge in [0.05, 0.1) is 11.7 Å². The van der Waals surface area contributed by atoms with Crippen LogP contribution in [0.25, 0.3) is 11.1 Å². The molecule has 1 atom stereocenters. The molecular formula is C20H23N5O2. The summed E-state index contributed by atoms with van der Waals surface area (Å²) in [6.45, 7) is 5.46. The van der Waals surface area contributed by atoms with Crippen molar-refractivity contribution < 1.29 is 9.32 Å². The van der Waals surface area contributed by atoms with E-state index in [0.29, 0.717) is 5.71 Å². The van der Waals surface area contributed by atoms with Gasteiger partial charge in [0.15, 0.2) is 0 Å². The van der Waals surface area contributed by atoms with Crippen molar-refractivity contribution in [2.24, 2.45) is 5.92 Å². The molecule has 1 aliphatic rings. The summed E-state index contributed by atoms with van der Waals surface area (Å²) in [5.41, 5.74) is 2.42. The Labute approximate surface area is 157 Å². The van der Waals surface area contributed by atoms with Crippen molar-refractivity contribution in [2.45, 2.75) is 32.7 Å². The quantitative estimate of drug-likeness (QED) is 0.765. The van der Waals surface area contributed by atoms with Crippen LogP contribution in [0.1, 0.15) is 37.1 Å². The standard InChI is InChI=1S/C20H23N5O2/c1-13(15-6-4-3-5-7-15)23-19(26)16-8-10-25(11-9-16)18-17-14(2)24-27-20(17)22-12-21-18/h3-7,12-13,16H,8-11H2,1-2H3,(H,23,26). The van der Waals surface area contributed by atoms with Crippen molar-refractivity contribution >= 4 is 22.8 Å². The van der Waals surface area contributed by atoms with Crippen LogP contribution in [0.4, 0.5) is 5.82 Å². The molecule has 1 saturated heterocycles. The Balaban J connectivity index is 1.40. The molecule has 2 aromatic heterocycles. The highest BCUT2D eigenvalue weighted by molar-refractivity contribution is 5.88. The minimum absolute atomic E-state index is 0.0119. The SMILES string of the molecule is Cc1noc2ncnc(N3CCC(C(=O)NC(C)c4ccccc4)CC3)c12. The normalized spacial score (nSPS) is 16.4. The first-order valence-corrected chi connectivity index (χ1v) is 9.30. The van der Waals surface area contributed by atoms with Gasteiger partial charge in [-0.15, -0.1) is 0 Å². The summed E-state index contributed by atoms with van der Waals surface area (Å²) < 4.78 is 5.23. The number of hydrogen-bond acceptors (Lipinski definition) is 6. The molecule has 1 aromatic carbocycles. The highest BCUT2D eigenvalue weighted by atomic mass is 16.5. The Morgan fingerprint density at radius 1 is 1.22 bits per heavy atom. The molecule has 0 aliphatic carbocycles. The van der Waals surface area contributed by atoms with Gasteiger partial charge in [-0.05, 0) is 32.3 Å². The van der Waals surface area contributed by atoms with Crippen LogP contribution >= 0.6 is 0 Å². The van der Waals surface area contributed by atoms with E-state index >= 15 is 0 Å². The monoisotopic (exact) mass is 365 g/mol. The molecular weight excluding hydrogens is 342 g/mol. The van der Waals surface area contributed by atoms with Crippen LogP contribution in [-0.2, 0) is 4.79 Å². The van der Waals surface area contributed by atoms with Crippen molar-refractivity contribution in [3.8, 4) is 0 Å². The average molecular weight is 365 g/mol. The number of aryl methyl sites for hydroxylation is 1. The maximum absolute atomic E-state index is 12.7. The highest BCUT2D eigenvalue weighted by Gasteiger charge is 2.28. The average Bonchev–Trinajstić information content (AvgIpc) is 3.10. The molecule has 4 rings (SSSR count). The fourth-order valence-electron chi connectivity index (χ4n) is 3.65. The van der Waals surface area contributed by atoms with Gasteiger partial charge in [-0.2, -0.15) is 4.98 Å². The van der Waals surface area contributed by atoms with Crippen molar-refractivity contribution in [1.29, 1.82) is 0 Å². The van der Waals surface area contributed by atoms with E-state index in [-0.39, 0.29) is 17.9 Å². The van der Waals surface area contributed by atoms with Gasteiger partial charge in [0, 0.05) is 19.0 Å². The number of carbonyl (C=O) groups excluding carboxylic acids is 1. The van der Waals surface area contributed by atoms with E-state index in [4.69, 9.17) is 4.52 Å². The number of hydrogen-bond donors (Lipinski definition) is 1. The van der Waals surface area contributed by atoms with Gasteiger partial charge in [-0.25, -0.2) is 4.98 Å². The predicted molar refractivity (Wildman–Crippen MR) is 102 cm³/mol. The molecule has 0 bridgehead atoms. The lowest BCUT2D eigenvalue weighted by Crippen LogP contribution is -2.41. The van der Waals surface area contributed by atoms with Crippen LogP contribution < -0.4 is 10.2 Å². The van der Waals surface area contributed by atoms with Crippen LogP contribution in [0.2, 0.25) is 0 Å². The minimum Gasteiger partial charge on any atom is -0.356 e. The summed E-state index contributed by atoms with van der Waals surface area (Å²) >= 11 is 0. The smallest absolute Gasteiger partial charge is 0.263 e. The summed E-state index contributed by atoms with van der Waals surface area (Å²) in [5.74, 6) is 0.989. The second-order valence-corrected chi connectivity index (χ2v) is 7.05. The highest BCUT2D eigenvalue weighted by Crippen LogP contribution is 2.29. The third-order valence-corrected chi connectivity index (χ3v) is 5.25. The summed E-state index contributed by atoms with van der Waals surface area (Å²) in [4.78, 5) is 23.4. The van der Waals surface area contributed by atoms with Gasteiger partial charge < -0.3 is 14.7 Å². The summed E-state index contributed by atoms with van der Waals surface area (Å²) in [5, 5.41) is 7.99. The Hall–Kier alpha value is -2.96. The molecule has 3 aromatic rings. The fourth-order valence-corrected chi connectivity index (χ4v) is 3.65. The Morgan fingerprint density at radius 3 is 2.70 bits per heavy atom. The predicted octanol–water partition coefficient (Wildman–Crippen LogP) is 3.02. The number of aromatic nitrogens is 3. The van der Waals surface area contributed by atoms with Gasteiger partial charge in [-0.3, -0.25) is 4.79 Å². The van der Waals surface area contributed by atoms with Crippen LogP contribution in [0.15, 0.2) is 41.2 Å². The zero-order chi connectivity index (χ0) is 18.8. The third-order valence-electron chi connectivity index (χ3n) is 5.25. The molecule has 27 heavy (non-hydrogen) atoms. The van der Waals surface area contributed by atoms with E-state index in [0.717, 1.165) is 48.4 Å². The number of nitrogens with one attached hydrogen (secondary N) is 1. The molecule has 1 amide bonds. The van der Waals surface area contributed by atoms with Gasteiger partial charge >= 0.3 is 0 Å².